The Morgan fingerprint density at radius 3 is 3.00 bits per heavy atom. The molecular formula is C12H14BrClN2O. The number of benzene rings is 1. The number of carbonyl (C=O) groups is 1. The minimum Gasteiger partial charge on any atom is -0.310 e. The maximum Gasteiger partial charge on any atom is 0.244 e. The summed E-state index contributed by atoms with van der Waals surface area (Å²) in [5.41, 5.74) is 0.849. The molecular weight excluding hydrogens is 304 g/mol. The number of halogens is 2. The van der Waals surface area contributed by atoms with Crippen LogP contribution in [0.5, 0.6) is 0 Å². The summed E-state index contributed by atoms with van der Waals surface area (Å²) in [6.07, 6.45) is 1.89. The van der Waals surface area contributed by atoms with Gasteiger partial charge in [0, 0.05) is 6.54 Å². The third-order valence-electron chi connectivity index (χ3n) is 3.01. The molecule has 1 fully saturated rings. The van der Waals surface area contributed by atoms with Gasteiger partial charge in [-0.3, -0.25) is 4.79 Å². The number of piperidine rings is 1. The lowest BCUT2D eigenvalue weighted by atomic mass is 10.0. The Bertz CT molecular complexity index is 439. The second-order valence-corrected chi connectivity index (χ2v) is 5.25. The summed E-state index contributed by atoms with van der Waals surface area (Å²) in [7, 11) is 1.82. The van der Waals surface area contributed by atoms with Gasteiger partial charge in [-0.05, 0) is 48.0 Å². The Kier molecular flexibility index (Phi) is 4.07. The van der Waals surface area contributed by atoms with Crippen LogP contribution in [0, 0.1) is 0 Å². The molecule has 0 radical (unpaired) electrons. The first-order chi connectivity index (χ1) is 8.15. The topological polar surface area (TPSA) is 32.3 Å². The third kappa shape index (κ3) is 2.49. The lowest BCUT2D eigenvalue weighted by Crippen LogP contribution is -2.49. The minimum atomic E-state index is -0.0883. The molecule has 0 spiro atoms. The van der Waals surface area contributed by atoms with Crippen LogP contribution in [-0.2, 0) is 4.79 Å². The largest absolute Gasteiger partial charge is 0.310 e. The Labute approximate surface area is 114 Å². The fourth-order valence-electron chi connectivity index (χ4n) is 2.08. The van der Waals surface area contributed by atoms with Crippen molar-refractivity contribution in [2.24, 2.45) is 0 Å². The van der Waals surface area contributed by atoms with Crippen molar-refractivity contribution >= 4 is 39.1 Å². The summed E-state index contributed by atoms with van der Waals surface area (Å²) in [5, 5.41) is 3.67. The summed E-state index contributed by atoms with van der Waals surface area (Å²) in [6.45, 7) is 0.746. The van der Waals surface area contributed by atoms with Gasteiger partial charge in [-0.15, -0.1) is 0 Å². The van der Waals surface area contributed by atoms with Crippen LogP contribution < -0.4 is 10.2 Å². The van der Waals surface area contributed by atoms with Crippen molar-refractivity contribution in [2.75, 3.05) is 18.5 Å². The fraction of sp³-hybridized carbons (Fsp3) is 0.417. The van der Waals surface area contributed by atoms with Gasteiger partial charge >= 0.3 is 0 Å². The van der Waals surface area contributed by atoms with Gasteiger partial charge in [-0.2, -0.15) is 0 Å². The van der Waals surface area contributed by atoms with E-state index in [0.717, 1.165) is 29.5 Å². The highest BCUT2D eigenvalue weighted by atomic mass is 79.9. The number of rotatable bonds is 2. The summed E-state index contributed by atoms with van der Waals surface area (Å²) in [5.74, 6) is 0.113. The van der Waals surface area contributed by atoms with Crippen LogP contribution in [0.4, 0.5) is 5.69 Å². The molecule has 1 unspecified atom stereocenters. The Balaban J connectivity index is 2.33. The van der Waals surface area contributed by atoms with Crippen LogP contribution in [-0.4, -0.2) is 25.5 Å². The first-order valence-electron chi connectivity index (χ1n) is 5.58. The number of nitrogens with one attached hydrogen (secondary N) is 1. The molecule has 92 valence electrons. The molecule has 0 saturated carbocycles. The summed E-state index contributed by atoms with van der Waals surface area (Å²) >= 11 is 9.49. The highest BCUT2D eigenvalue weighted by molar-refractivity contribution is 9.10. The molecule has 1 heterocycles. The number of likely N-dealkylation sites (N-methyl/N-ethyl adjacent to an activating group) is 1. The quantitative estimate of drug-likeness (QED) is 0.910. The Morgan fingerprint density at radius 1 is 1.53 bits per heavy atom. The van der Waals surface area contributed by atoms with E-state index in [1.165, 1.54) is 0 Å². The first-order valence-corrected chi connectivity index (χ1v) is 6.75. The van der Waals surface area contributed by atoms with Crippen molar-refractivity contribution < 1.29 is 4.79 Å². The van der Waals surface area contributed by atoms with E-state index < -0.39 is 0 Å². The Morgan fingerprint density at radius 2 is 2.29 bits per heavy atom. The molecule has 1 aromatic rings. The normalized spacial score (nSPS) is 20.8. The molecule has 0 aromatic heterocycles. The van der Waals surface area contributed by atoms with E-state index >= 15 is 0 Å². The molecule has 1 aromatic carbocycles. The molecule has 0 aliphatic carbocycles. The molecule has 0 bridgehead atoms. The van der Waals surface area contributed by atoms with Gasteiger partial charge in [0.15, 0.2) is 0 Å². The van der Waals surface area contributed by atoms with Crippen molar-refractivity contribution in [3.05, 3.63) is 27.7 Å². The zero-order valence-electron chi connectivity index (χ0n) is 9.54. The van der Waals surface area contributed by atoms with Gasteiger partial charge in [0.1, 0.15) is 0 Å². The zero-order chi connectivity index (χ0) is 12.4. The maximum absolute atomic E-state index is 12.2. The highest BCUT2D eigenvalue weighted by Crippen LogP contribution is 2.34. The minimum absolute atomic E-state index is 0.0883. The van der Waals surface area contributed by atoms with Crippen LogP contribution >= 0.6 is 27.5 Å². The second-order valence-electron chi connectivity index (χ2n) is 4.05. The van der Waals surface area contributed by atoms with Gasteiger partial charge in [0.25, 0.3) is 0 Å². The van der Waals surface area contributed by atoms with Crippen LogP contribution in [0.1, 0.15) is 12.8 Å². The molecule has 1 atom stereocenters. The second kappa shape index (κ2) is 5.38. The molecule has 1 aliphatic heterocycles. The molecule has 1 N–H and O–H groups in total. The number of hydrogen-bond donors (Lipinski definition) is 1. The SMILES string of the molecule is CNC1CCCN(c2cccc(Cl)c2Br)C1=O. The molecule has 1 saturated heterocycles. The van der Waals surface area contributed by atoms with Crippen molar-refractivity contribution in [1.29, 1.82) is 0 Å². The number of anilines is 1. The molecule has 17 heavy (non-hydrogen) atoms. The molecule has 5 heteroatoms. The summed E-state index contributed by atoms with van der Waals surface area (Å²) < 4.78 is 0.784. The average molecular weight is 318 g/mol. The van der Waals surface area contributed by atoms with Crippen molar-refractivity contribution in [1.82, 2.24) is 5.32 Å². The smallest absolute Gasteiger partial charge is 0.244 e. The van der Waals surface area contributed by atoms with Crippen LogP contribution in [0.2, 0.25) is 5.02 Å². The van der Waals surface area contributed by atoms with E-state index in [1.807, 2.05) is 19.2 Å². The highest BCUT2D eigenvalue weighted by Gasteiger charge is 2.29. The fourth-order valence-corrected chi connectivity index (χ4v) is 2.73. The first kappa shape index (κ1) is 12.9. The van der Waals surface area contributed by atoms with Crippen LogP contribution in [0.15, 0.2) is 22.7 Å². The van der Waals surface area contributed by atoms with Gasteiger partial charge < -0.3 is 10.2 Å². The van der Waals surface area contributed by atoms with E-state index in [2.05, 4.69) is 21.2 Å². The lowest BCUT2D eigenvalue weighted by Gasteiger charge is -2.32. The summed E-state index contributed by atoms with van der Waals surface area (Å²) in [6, 6.07) is 5.48. The van der Waals surface area contributed by atoms with E-state index in [-0.39, 0.29) is 11.9 Å². The summed E-state index contributed by atoms with van der Waals surface area (Å²) in [4.78, 5) is 14.0. The molecule has 3 nitrogen and oxygen atoms in total. The zero-order valence-corrected chi connectivity index (χ0v) is 11.9. The molecule has 2 rings (SSSR count). The van der Waals surface area contributed by atoms with E-state index in [9.17, 15) is 4.79 Å². The van der Waals surface area contributed by atoms with E-state index in [4.69, 9.17) is 11.6 Å². The van der Waals surface area contributed by atoms with Crippen molar-refractivity contribution in [3.63, 3.8) is 0 Å². The Hall–Kier alpha value is -0.580. The average Bonchev–Trinajstić information content (AvgIpc) is 2.33. The van der Waals surface area contributed by atoms with E-state index in [1.54, 1.807) is 11.0 Å². The predicted octanol–water partition coefficient (Wildman–Crippen LogP) is 2.82. The number of hydrogen-bond acceptors (Lipinski definition) is 2. The number of carbonyl (C=O) groups excluding carboxylic acids is 1. The third-order valence-corrected chi connectivity index (χ3v) is 4.39. The standard InChI is InChI=1S/C12H14BrClN2O/c1-15-9-5-3-7-16(12(9)17)10-6-2-4-8(14)11(10)13/h2,4,6,9,15H,3,5,7H2,1H3. The monoisotopic (exact) mass is 316 g/mol. The molecule has 1 aliphatic rings. The van der Waals surface area contributed by atoms with Crippen molar-refractivity contribution in [2.45, 2.75) is 18.9 Å². The van der Waals surface area contributed by atoms with Gasteiger partial charge in [0.05, 0.1) is 21.2 Å². The maximum atomic E-state index is 12.2. The van der Waals surface area contributed by atoms with Crippen LogP contribution in [0.25, 0.3) is 0 Å². The molecule has 1 amide bonds. The lowest BCUT2D eigenvalue weighted by molar-refractivity contribution is -0.121. The van der Waals surface area contributed by atoms with Gasteiger partial charge in [-0.1, -0.05) is 17.7 Å². The number of amides is 1. The van der Waals surface area contributed by atoms with Crippen LogP contribution in [0.3, 0.4) is 0 Å². The van der Waals surface area contributed by atoms with Crippen molar-refractivity contribution in [3.8, 4) is 0 Å². The predicted molar refractivity (Wildman–Crippen MR) is 73.6 cm³/mol. The van der Waals surface area contributed by atoms with Gasteiger partial charge in [-0.25, -0.2) is 0 Å². The van der Waals surface area contributed by atoms with E-state index in [0.29, 0.717) is 5.02 Å². The van der Waals surface area contributed by atoms with Gasteiger partial charge in [0.2, 0.25) is 5.91 Å². The number of nitrogens with zero attached hydrogens (tertiary/aromatic N) is 1.